The Labute approximate surface area is 110 Å². The van der Waals surface area contributed by atoms with Crippen LogP contribution in [0.4, 0.5) is 4.79 Å². The zero-order valence-corrected chi connectivity index (χ0v) is 11.3. The van der Waals surface area contributed by atoms with Crippen molar-refractivity contribution < 1.29 is 10.9 Å². The Morgan fingerprint density at radius 1 is 1.39 bits per heavy atom. The molecule has 4 heteroatoms. The Balaban J connectivity index is 2.19. The van der Waals surface area contributed by atoms with E-state index < -0.39 is 11.7 Å². The molecule has 1 heterocycles. The quantitative estimate of drug-likeness (QED) is 0.819. The van der Waals surface area contributed by atoms with E-state index in [0.29, 0.717) is 13.0 Å². The number of aromatic nitrogens is 1. The van der Waals surface area contributed by atoms with E-state index >= 15 is 0 Å². The van der Waals surface area contributed by atoms with Gasteiger partial charge >= 0.3 is 6.09 Å². The topological polar surface area (TPSA) is 51.2 Å². The van der Waals surface area contributed by atoms with Crippen LogP contribution in [0.3, 0.4) is 0 Å². The number of carbonyl (C=O) groups excluding carboxylic acids is 1. The molecule has 1 amide bonds. The molecule has 1 unspecified atom stereocenters. The van der Waals surface area contributed by atoms with Gasteiger partial charge in [0, 0.05) is 20.3 Å². The van der Waals surface area contributed by atoms with Crippen LogP contribution in [0.5, 0.6) is 0 Å². The number of amides is 1. The zero-order valence-electron chi connectivity index (χ0n) is 12.3. The van der Waals surface area contributed by atoms with Gasteiger partial charge in [-0.3, -0.25) is 4.98 Å². The Kier molecular flexibility index (Phi) is 5.00. The van der Waals surface area contributed by atoms with Gasteiger partial charge in [0.05, 0.1) is 0 Å². The lowest BCUT2D eigenvalue weighted by Gasteiger charge is -2.19. The molecule has 100 valence electrons. The monoisotopic (exact) mass is 251 g/mol. The standard InChI is InChI=1S/C14H22N2O2/c1-14(2,3)18-13(17)16-9-5-4-6-12-7-10-15-11-8-12/h7-8,10-11H,4-6,9H2,1-3H3,(H,16,17)/i6D. The lowest BCUT2D eigenvalue weighted by Crippen LogP contribution is -2.33. The highest BCUT2D eigenvalue weighted by molar-refractivity contribution is 5.67. The highest BCUT2D eigenvalue weighted by Crippen LogP contribution is 2.06. The fraction of sp³-hybridized carbons (Fsp3) is 0.571. The van der Waals surface area contributed by atoms with Gasteiger partial charge in [0.15, 0.2) is 0 Å². The number of alkyl carbamates (subject to hydrolysis) is 1. The molecule has 0 aliphatic heterocycles. The summed E-state index contributed by atoms with van der Waals surface area (Å²) in [5.74, 6) is 0. The number of nitrogens with one attached hydrogen (secondary N) is 1. The van der Waals surface area contributed by atoms with E-state index in [1.807, 2.05) is 32.9 Å². The fourth-order valence-corrected chi connectivity index (χ4v) is 1.37. The first kappa shape index (κ1) is 12.9. The van der Waals surface area contributed by atoms with E-state index in [4.69, 9.17) is 6.11 Å². The lowest BCUT2D eigenvalue weighted by molar-refractivity contribution is 0.0527. The molecule has 18 heavy (non-hydrogen) atoms. The summed E-state index contributed by atoms with van der Waals surface area (Å²) in [7, 11) is 0. The number of nitrogens with zero attached hydrogens (tertiary/aromatic N) is 1. The molecule has 0 radical (unpaired) electrons. The van der Waals surface area contributed by atoms with E-state index in [1.54, 1.807) is 12.4 Å². The Hall–Kier alpha value is -1.58. The van der Waals surface area contributed by atoms with Crippen molar-refractivity contribution in [1.82, 2.24) is 10.3 Å². The Morgan fingerprint density at radius 3 is 2.67 bits per heavy atom. The van der Waals surface area contributed by atoms with Gasteiger partial charge in [-0.1, -0.05) is 0 Å². The molecule has 4 nitrogen and oxygen atoms in total. The van der Waals surface area contributed by atoms with Gasteiger partial charge in [0.1, 0.15) is 5.60 Å². The Bertz CT molecular complexity index is 390. The predicted octanol–water partition coefficient (Wildman–Crippen LogP) is 2.93. The predicted molar refractivity (Wildman–Crippen MR) is 71.4 cm³/mol. The minimum absolute atomic E-state index is 0.275. The van der Waals surface area contributed by atoms with Crippen molar-refractivity contribution in [3.05, 3.63) is 30.1 Å². The highest BCUT2D eigenvalue weighted by Gasteiger charge is 2.15. The average Bonchev–Trinajstić information content (AvgIpc) is 2.33. The molecule has 0 fully saturated rings. The number of ether oxygens (including phenoxy) is 1. The molecule has 0 saturated carbocycles. The summed E-state index contributed by atoms with van der Waals surface area (Å²) >= 11 is 0. The molecule has 0 bridgehead atoms. The number of aryl methyl sites for hydroxylation is 1. The van der Waals surface area contributed by atoms with Crippen LogP contribution in [-0.2, 0) is 11.1 Å². The molecule has 0 aliphatic carbocycles. The number of hydrogen-bond donors (Lipinski definition) is 1. The molecule has 1 atom stereocenters. The third-order valence-corrected chi connectivity index (χ3v) is 2.14. The second-order valence-corrected chi connectivity index (χ2v) is 5.06. The summed E-state index contributed by atoms with van der Waals surface area (Å²) in [6, 6.07) is 3.69. The van der Waals surface area contributed by atoms with Gasteiger partial charge in [-0.2, -0.15) is 0 Å². The molecule has 1 N–H and O–H groups in total. The number of carbonyl (C=O) groups is 1. The molecule has 0 saturated heterocycles. The summed E-state index contributed by atoms with van der Waals surface area (Å²) in [5, 5.41) is 2.69. The third kappa shape index (κ3) is 6.89. The highest BCUT2D eigenvalue weighted by atomic mass is 16.6. The minimum Gasteiger partial charge on any atom is -0.444 e. The maximum Gasteiger partial charge on any atom is 0.407 e. The van der Waals surface area contributed by atoms with Crippen molar-refractivity contribution in [3.8, 4) is 0 Å². The molecule has 1 aromatic heterocycles. The SMILES string of the molecule is [2H]C(CCCNC(=O)OC(C)(C)C)c1ccncc1. The van der Waals surface area contributed by atoms with E-state index in [0.717, 1.165) is 12.0 Å². The smallest absolute Gasteiger partial charge is 0.407 e. The number of pyridine rings is 1. The molecule has 1 aromatic rings. The van der Waals surface area contributed by atoms with Crippen LogP contribution in [0.1, 0.15) is 40.5 Å². The molecule has 0 spiro atoms. The van der Waals surface area contributed by atoms with Crippen molar-refractivity contribution in [2.24, 2.45) is 0 Å². The van der Waals surface area contributed by atoms with Crippen LogP contribution in [0.15, 0.2) is 24.5 Å². The first-order valence-corrected chi connectivity index (χ1v) is 6.17. The molecule has 0 aromatic carbocycles. The number of hydrogen-bond acceptors (Lipinski definition) is 3. The summed E-state index contributed by atoms with van der Waals surface area (Å²) in [4.78, 5) is 15.3. The summed E-state index contributed by atoms with van der Waals surface area (Å²) < 4.78 is 13.1. The molecular formula is C14H22N2O2. The van der Waals surface area contributed by atoms with Gasteiger partial charge in [-0.25, -0.2) is 4.79 Å². The molecule has 1 rings (SSSR count). The normalized spacial score (nSPS) is 13.6. The molecular weight excluding hydrogens is 228 g/mol. The van der Waals surface area contributed by atoms with Crippen molar-refractivity contribution in [1.29, 1.82) is 0 Å². The van der Waals surface area contributed by atoms with Gasteiger partial charge < -0.3 is 10.1 Å². The van der Waals surface area contributed by atoms with Crippen molar-refractivity contribution >= 4 is 6.09 Å². The van der Waals surface area contributed by atoms with E-state index in [2.05, 4.69) is 10.3 Å². The minimum atomic E-state index is -0.473. The second kappa shape index (κ2) is 6.99. The number of rotatable bonds is 5. The second-order valence-electron chi connectivity index (χ2n) is 5.06. The molecule has 0 aliphatic rings. The first-order chi connectivity index (χ1) is 8.88. The van der Waals surface area contributed by atoms with E-state index in [-0.39, 0.29) is 6.40 Å². The lowest BCUT2D eigenvalue weighted by atomic mass is 10.1. The van der Waals surface area contributed by atoms with Gasteiger partial charge in [0.25, 0.3) is 0 Å². The maximum atomic E-state index is 11.4. The first-order valence-electron chi connectivity index (χ1n) is 6.75. The van der Waals surface area contributed by atoms with Crippen LogP contribution in [0, 0.1) is 0 Å². The van der Waals surface area contributed by atoms with Crippen molar-refractivity contribution in [2.75, 3.05) is 6.54 Å². The van der Waals surface area contributed by atoms with Crippen LogP contribution >= 0.6 is 0 Å². The fourth-order valence-electron chi connectivity index (χ4n) is 1.37. The summed E-state index contributed by atoms with van der Waals surface area (Å²) in [6.07, 6.45) is 4.14. The summed E-state index contributed by atoms with van der Waals surface area (Å²) in [5.41, 5.74) is 0.478. The van der Waals surface area contributed by atoms with E-state index in [1.165, 1.54) is 0 Å². The van der Waals surface area contributed by atoms with Crippen molar-refractivity contribution in [2.45, 2.75) is 45.6 Å². The van der Waals surface area contributed by atoms with Crippen molar-refractivity contribution in [3.63, 3.8) is 0 Å². The largest absolute Gasteiger partial charge is 0.444 e. The maximum absolute atomic E-state index is 11.4. The summed E-state index contributed by atoms with van der Waals surface area (Å²) in [6.45, 7) is 6.01. The van der Waals surface area contributed by atoms with Crippen LogP contribution in [0.25, 0.3) is 0 Å². The Morgan fingerprint density at radius 2 is 2.06 bits per heavy atom. The van der Waals surface area contributed by atoms with Crippen LogP contribution in [-0.4, -0.2) is 23.2 Å². The van der Waals surface area contributed by atoms with Crippen LogP contribution in [0.2, 0.25) is 0 Å². The van der Waals surface area contributed by atoms with Gasteiger partial charge in [-0.05, 0) is 57.7 Å². The van der Waals surface area contributed by atoms with Gasteiger partial charge in [-0.15, -0.1) is 0 Å². The van der Waals surface area contributed by atoms with Crippen LogP contribution < -0.4 is 5.32 Å². The average molecular weight is 251 g/mol. The van der Waals surface area contributed by atoms with E-state index in [9.17, 15) is 4.79 Å². The third-order valence-electron chi connectivity index (χ3n) is 2.14. The van der Waals surface area contributed by atoms with Gasteiger partial charge in [0.2, 0.25) is 0 Å². The zero-order chi connectivity index (χ0) is 14.3.